The Bertz CT molecular complexity index is 903. The standard InChI is InChI=1S/C20H21N3O/c1-3-6-20(24)23-19-11-15-9-14(10-18(21)17(15)12-22-19)16-8-5-4-7-13(16)2/h4-5,7-12H,3,6,21H2,1-2H3,(H,22,23,24). The molecule has 0 saturated carbocycles. The van der Waals surface area contributed by atoms with E-state index in [4.69, 9.17) is 5.73 Å². The highest BCUT2D eigenvalue weighted by Gasteiger charge is 2.08. The maximum absolute atomic E-state index is 11.8. The van der Waals surface area contributed by atoms with E-state index in [0.29, 0.717) is 17.9 Å². The van der Waals surface area contributed by atoms with Gasteiger partial charge in [0, 0.05) is 23.7 Å². The molecular formula is C20H21N3O. The van der Waals surface area contributed by atoms with E-state index in [1.807, 2.05) is 31.2 Å². The summed E-state index contributed by atoms with van der Waals surface area (Å²) >= 11 is 0. The number of rotatable bonds is 4. The molecule has 0 bridgehead atoms. The molecule has 1 amide bonds. The number of fused-ring (bicyclic) bond motifs is 1. The topological polar surface area (TPSA) is 68.0 Å². The second-order valence-electron chi connectivity index (χ2n) is 5.97. The number of nitrogens with two attached hydrogens (primary N) is 1. The number of anilines is 2. The van der Waals surface area contributed by atoms with Crippen LogP contribution in [0.2, 0.25) is 0 Å². The quantitative estimate of drug-likeness (QED) is 0.694. The predicted molar refractivity (Wildman–Crippen MR) is 99.9 cm³/mol. The zero-order valence-corrected chi connectivity index (χ0v) is 14.0. The van der Waals surface area contributed by atoms with Crippen molar-refractivity contribution in [1.82, 2.24) is 4.98 Å². The molecule has 24 heavy (non-hydrogen) atoms. The van der Waals surface area contributed by atoms with Crippen LogP contribution in [0.15, 0.2) is 48.7 Å². The number of carbonyl (C=O) groups excluding carboxylic acids is 1. The maximum Gasteiger partial charge on any atom is 0.225 e. The first kappa shape index (κ1) is 16.0. The summed E-state index contributed by atoms with van der Waals surface area (Å²) in [6, 6.07) is 14.1. The van der Waals surface area contributed by atoms with Crippen molar-refractivity contribution in [3.8, 4) is 11.1 Å². The van der Waals surface area contributed by atoms with Crippen LogP contribution < -0.4 is 11.1 Å². The Labute approximate surface area is 141 Å². The second-order valence-corrected chi connectivity index (χ2v) is 5.97. The molecule has 0 aliphatic heterocycles. The van der Waals surface area contributed by atoms with Crippen LogP contribution in [0.5, 0.6) is 0 Å². The fourth-order valence-electron chi connectivity index (χ4n) is 2.84. The van der Waals surface area contributed by atoms with Gasteiger partial charge in [0.15, 0.2) is 0 Å². The van der Waals surface area contributed by atoms with Gasteiger partial charge in [0.2, 0.25) is 5.91 Å². The zero-order valence-electron chi connectivity index (χ0n) is 14.0. The number of nitrogens with zero attached hydrogens (tertiary/aromatic N) is 1. The Morgan fingerprint density at radius 2 is 2.00 bits per heavy atom. The van der Waals surface area contributed by atoms with Crippen LogP contribution in [-0.2, 0) is 4.79 Å². The van der Waals surface area contributed by atoms with E-state index >= 15 is 0 Å². The minimum atomic E-state index is -0.0209. The number of hydrogen-bond donors (Lipinski definition) is 2. The summed E-state index contributed by atoms with van der Waals surface area (Å²) < 4.78 is 0. The summed E-state index contributed by atoms with van der Waals surface area (Å²) in [5, 5.41) is 4.69. The molecule has 2 aromatic carbocycles. The average molecular weight is 319 g/mol. The number of aryl methyl sites for hydroxylation is 1. The van der Waals surface area contributed by atoms with Gasteiger partial charge in [-0.25, -0.2) is 4.98 Å². The lowest BCUT2D eigenvalue weighted by Crippen LogP contribution is -2.11. The third kappa shape index (κ3) is 3.23. The zero-order chi connectivity index (χ0) is 17.1. The number of hydrogen-bond acceptors (Lipinski definition) is 3. The monoisotopic (exact) mass is 319 g/mol. The number of nitrogen functional groups attached to an aromatic ring is 1. The Morgan fingerprint density at radius 3 is 2.75 bits per heavy atom. The maximum atomic E-state index is 11.8. The van der Waals surface area contributed by atoms with Crippen LogP contribution >= 0.6 is 0 Å². The van der Waals surface area contributed by atoms with Crippen molar-refractivity contribution in [1.29, 1.82) is 0 Å². The molecule has 0 spiro atoms. The molecule has 0 aliphatic carbocycles. The van der Waals surface area contributed by atoms with E-state index in [1.54, 1.807) is 6.20 Å². The summed E-state index contributed by atoms with van der Waals surface area (Å²) in [4.78, 5) is 16.1. The van der Waals surface area contributed by atoms with Crippen LogP contribution in [0.3, 0.4) is 0 Å². The lowest BCUT2D eigenvalue weighted by molar-refractivity contribution is -0.116. The molecule has 122 valence electrons. The molecule has 3 rings (SSSR count). The molecule has 0 unspecified atom stereocenters. The number of benzene rings is 2. The summed E-state index contributed by atoms with van der Waals surface area (Å²) in [5.74, 6) is 0.537. The third-order valence-corrected chi connectivity index (χ3v) is 4.07. The van der Waals surface area contributed by atoms with Crippen molar-refractivity contribution in [2.45, 2.75) is 26.7 Å². The Balaban J connectivity index is 2.05. The van der Waals surface area contributed by atoms with Crippen LogP contribution in [-0.4, -0.2) is 10.9 Å². The highest BCUT2D eigenvalue weighted by molar-refractivity contribution is 5.99. The van der Waals surface area contributed by atoms with Crippen LogP contribution in [0.25, 0.3) is 21.9 Å². The molecule has 0 fully saturated rings. The fourth-order valence-corrected chi connectivity index (χ4v) is 2.84. The van der Waals surface area contributed by atoms with Crippen molar-refractivity contribution in [2.75, 3.05) is 11.1 Å². The molecule has 0 atom stereocenters. The van der Waals surface area contributed by atoms with Crippen LogP contribution in [0, 0.1) is 6.92 Å². The van der Waals surface area contributed by atoms with E-state index in [-0.39, 0.29) is 5.91 Å². The molecule has 0 aliphatic rings. The van der Waals surface area contributed by atoms with Crippen LogP contribution in [0.1, 0.15) is 25.3 Å². The molecule has 0 radical (unpaired) electrons. The average Bonchev–Trinajstić information content (AvgIpc) is 2.55. The third-order valence-electron chi connectivity index (χ3n) is 4.07. The van der Waals surface area contributed by atoms with Crippen molar-refractivity contribution in [2.24, 2.45) is 0 Å². The van der Waals surface area contributed by atoms with E-state index < -0.39 is 0 Å². The molecule has 1 heterocycles. The largest absolute Gasteiger partial charge is 0.398 e. The smallest absolute Gasteiger partial charge is 0.225 e. The van der Waals surface area contributed by atoms with Gasteiger partial charge in [0.25, 0.3) is 0 Å². The predicted octanol–water partition coefficient (Wildman–Crippen LogP) is 4.53. The van der Waals surface area contributed by atoms with Crippen molar-refractivity contribution >= 4 is 28.2 Å². The Hall–Kier alpha value is -2.88. The molecule has 0 saturated heterocycles. The first-order valence-corrected chi connectivity index (χ1v) is 8.13. The Kier molecular flexibility index (Phi) is 4.47. The van der Waals surface area contributed by atoms with Crippen molar-refractivity contribution in [3.63, 3.8) is 0 Å². The molecule has 4 heteroatoms. The number of carbonyl (C=O) groups is 1. The van der Waals surface area contributed by atoms with Gasteiger partial charge in [-0.05, 0) is 53.6 Å². The fraction of sp³-hybridized carbons (Fsp3) is 0.200. The number of pyridine rings is 1. The van der Waals surface area contributed by atoms with Gasteiger partial charge in [0.1, 0.15) is 5.82 Å². The minimum Gasteiger partial charge on any atom is -0.398 e. The Morgan fingerprint density at radius 1 is 1.21 bits per heavy atom. The van der Waals surface area contributed by atoms with Gasteiger partial charge < -0.3 is 11.1 Å². The SMILES string of the molecule is CCCC(=O)Nc1cc2cc(-c3ccccc3C)cc(N)c2cn1. The summed E-state index contributed by atoms with van der Waals surface area (Å²) in [5.41, 5.74) is 10.3. The lowest BCUT2D eigenvalue weighted by Gasteiger charge is -2.11. The molecule has 1 aromatic heterocycles. The van der Waals surface area contributed by atoms with Gasteiger partial charge >= 0.3 is 0 Å². The number of aromatic nitrogens is 1. The van der Waals surface area contributed by atoms with Crippen molar-refractivity contribution < 1.29 is 4.79 Å². The second kappa shape index (κ2) is 6.71. The summed E-state index contributed by atoms with van der Waals surface area (Å²) in [6.45, 7) is 4.06. The van der Waals surface area contributed by atoms with E-state index in [2.05, 4.69) is 35.4 Å². The van der Waals surface area contributed by atoms with Gasteiger partial charge in [-0.15, -0.1) is 0 Å². The van der Waals surface area contributed by atoms with Gasteiger partial charge in [0.05, 0.1) is 0 Å². The molecule has 4 nitrogen and oxygen atoms in total. The van der Waals surface area contributed by atoms with Gasteiger partial charge in [-0.1, -0.05) is 31.2 Å². The first-order chi connectivity index (χ1) is 11.6. The molecular weight excluding hydrogens is 298 g/mol. The number of nitrogens with one attached hydrogen (secondary N) is 1. The highest BCUT2D eigenvalue weighted by Crippen LogP contribution is 2.31. The lowest BCUT2D eigenvalue weighted by atomic mass is 9.97. The van der Waals surface area contributed by atoms with E-state index in [1.165, 1.54) is 5.56 Å². The summed E-state index contributed by atoms with van der Waals surface area (Å²) in [6.07, 6.45) is 3.02. The number of amides is 1. The first-order valence-electron chi connectivity index (χ1n) is 8.13. The van der Waals surface area contributed by atoms with E-state index in [9.17, 15) is 4.79 Å². The van der Waals surface area contributed by atoms with Crippen molar-refractivity contribution in [3.05, 3.63) is 54.2 Å². The van der Waals surface area contributed by atoms with E-state index in [0.717, 1.165) is 28.3 Å². The summed E-state index contributed by atoms with van der Waals surface area (Å²) in [7, 11) is 0. The van der Waals surface area contributed by atoms with Gasteiger partial charge in [-0.3, -0.25) is 4.79 Å². The molecule has 3 aromatic rings. The highest BCUT2D eigenvalue weighted by atomic mass is 16.1. The van der Waals surface area contributed by atoms with Gasteiger partial charge in [-0.2, -0.15) is 0 Å². The molecule has 3 N–H and O–H groups in total. The van der Waals surface area contributed by atoms with Crippen LogP contribution in [0.4, 0.5) is 11.5 Å². The minimum absolute atomic E-state index is 0.0209. The normalized spacial score (nSPS) is 10.8.